The smallest absolute Gasteiger partial charge is 0.290 e. The molecule has 1 aromatic carbocycles. The summed E-state index contributed by atoms with van der Waals surface area (Å²) in [6, 6.07) is 3.29. The van der Waals surface area contributed by atoms with Gasteiger partial charge in [-0.2, -0.15) is 0 Å². The largest absolute Gasteiger partial charge is 0.483 e. The fourth-order valence-corrected chi connectivity index (χ4v) is 3.48. The third-order valence-corrected chi connectivity index (χ3v) is 4.97. The predicted molar refractivity (Wildman–Crippen MR) is 120 cm³/mol. The number of piperidine rings is 1. The first-order valence-electron chi connectivity index (χ1n) is 11.0. The average Bonchev–Trinajstić information content (AvgIpc) is 3.08. The molecular formula is C22H26N4O10. The molecule has 0 saturated carbocycles. The Kier molecular flexibility index (Phi) is 10.6. The number of anilines is 1. The molecule has 2 aliphatic heterocycles. The number of nitrogens with one attached hydrogen (secondary N) is 3. The Balaban J connectivity index is 0.00000145. The van der Waals surface area contributed by atoms with Gasteiger partial charge in [0.2, 0.25) is 23.6 Å². The molecule has 6 amide bonds. The molecule has 1 fully saturated rings. The number of hydroxylamine groups is 1. The van der Waals surface area contributed by atoms with Crippen molar-refractivity contribution in [3.63, 3.8) is 0 Å². The first-order valence-corrected chi connectivity index (χ1v) is 11.0. The van der Waals surface area contributed by atoms with Crippen molar-refractivity contribution < 1.29 is 48.2 Å². The fraction of sp³-hybridized carbons (Fsp3) is 0.409. The van der Waals surface area contributed by atoms with Crippen molar-refractivity contribution in [2.75, 3.05) is 25.1 Å². The van der Waals surface area contributed by atoms with Crippen LogP contribution in [0.4, 0.5) is 5.69 Å². The molecule has 1 aromatic rings. The Labute approximate surface area is 205 Å². The Hall–Kier alpha value is -4.17. The van der Waals surface area contributed by atoms with Crippen LogP contribution in [0.25, 0.3) is 0 Å². The van der Waals surface area contributed by atoms with Crippen molar-refractivity contribution in [3.05, 3.63) is 29.3 Å². The van der Waals surface area contributed by atoms with E-state index in [0.717, 1.165) is 4.90 Å². The van der Waals surface area contributed by atoms with Gasteiger partial charge in [0.1, 0.15) is 12.6 Å². The average molecular weight is 506 g/mol. The molecular weight excluding hydrogens is 480 g/mol. The molecule has 14 nitrogen and oxygen atoms in total. The van der Waals surface area contributed by atoms with Gasteiger partial charge in [-0.15, -0.1) is 0 Å². The number of hydrogen-bond donors (Lipinski definition) is 4. The van der Waals surface area contributed by atoms with Crippen molar-refractivity contribution in [1.82, 2.24) is 15.7 Å². The molecule has 0 aromatic heterocycles. The number of carbonyl (C=O) groups is 7. The van der Waals surface area contributed by atoms with Crippen LogP contribution in [0.15, 0.2) is 18.2 Å². The maximum atomic E-state index is 13.0. The highest BCUT2D eigenvalue weighted by atomic mass is 16.7. The van der Waals surface area contributed by atoms with Crippen LogP contribution in [-0.4, -0.2) is 77.8 Å². The van der Waals surface area contributed by atoms with Crippen LogP contribution < -0.4 is 16.1 Å². The van der Waals surface area contributed by atoms with Crippen LogP contribution in [0, 0.1) is 0 Å². The molecule has 194 valence electrons. The number of fused-ring (bicyclic) bond motifs is 1. The maximum absolute atomic E-state index is 13.0. The van der Waals surface area contributed by atoms with Crippen LogP contribution in [0.3, 0.4) is 0 Å². The van der Waals surface area contributed by atoms with E-state index in [1.54, 1.807) is 0 Å². The molecule has 3 rings (SSSR count). The summed E-state index contributed by atoms with van der Waals surface area (Å²) in [5.41, 5.74) is 2.38. The predicted octanol–water partition coefficient (Wildman–Crippen LogP) is -0.408. The second kappa shape index (κ2) is 13.7. The van der Waals surface area contributed by atoms with Crippen molar-refractivity contribution in [3.8, 4) is 0 Å². The highest BCUT2D eigenvalue weighted by molar-refractivity contribution is 6.26. The van der Waals surface area contributed by atoms with Gasteiger partial charge in [0.15, 0.2) is 0 Å². The molecule has 1 atom stereocenters. The normalized spacial score (nSPS) is 16.5. The number of benzene rings is 1. The van der Waals surface area contributed by atoms with Gasteiger partial charge in [0, 0.05) is 12.8 Å². The maximum Gasteiger partial charge on any atom is 0.290 e. The van der Waals surface area contributed by atoms with Gasteiger partial charge in [-0.05, 0) is 25.0 Å². The number of imide groups is 2. The number of hydrogen-bond acceptors (Lipinski definition) is 9. The Morgan fingerprint density at radius 1 is 1.17 bits per heavy atom. The number of carbonyl (C=O) groups excluding carboxylic acids is 6. The molecule has 0 radical (unpaired) electrons. The summed E-state index contributed by atoms with van der Waals surface area (Å²) in [5, 5.41) is 11.5. The van der Waals surface area contributed by atoms with Crippen LogP contribution in [0.2, 0.25) is 0 Å². The lowest BCUT2D eigenvalue weighted by atomic mass is 10.0. The first-order chi connectivity index (χ1) is 17.2. The van der Waals surface area contributed by atoms with E-state index in [4.69, 9.17) is 19.5 Å². The SMILES string of the molecule is CCCC(=O)NOCCOCC(=O)Nc1cccc2c1C(=O)N(C1CCC(=O)NC1=O)C2=O.O=CO. The number of amides is 6. The van der Waals surface area contributed by atoms with Crippen molar-refractivity contribution in [2.45, 2.75) is 38.6 Å². The molecule has 0 bridgehead atoms. The fourth-order valence-electron chi connectivity index (χ4n) is 3.48. The van der Waals surface area contributed by atoms with E-state index in [1.165, 1.54) is 18.2 Å². The van der Waals surface area contributed by atoms with Gasteiger partial charge >= 0.3 is 0 Å². The molecule has 1 unspecified atom stereocenters. The summed E-state index contributed by atoms with van der Waals surface area (Å²) in [4.78, 5) is 86.9. The van der Waals surface area contributed by atoms with Crippen LogP contribution >= 0.6 is 0 Å². The van der Waals surface area contributed by atoms with Gasteiger partial charge in [0.05, 0.1) is 30.0 Å². The van der Waals surface area contributed by atoms with E-state index in [1.807, 2.05) is 6.92 Å². The topological polar surface area (TPSA) is 198 Å². The molecule has 0 aliphatic carbocycles. The van der Waals surface area contributed by atoms with E-state index in [-0.39, 0.29) is 61.9 Å². The van der Waals surface area contributed by atoms with E-state index < -0.39 is 35.6 Å². The van der Waals surface area contributed by atoms with Crippen molar-refractivity contribution in [1.29, 1.82) is 0 Å². The lowest BCUT2D eigenvalue weighted by Gasteiger charge is -2.27. The highest BCUT2D eigenvalue weighted by Crippen LogP contribution is 2.32. The molecule has 14 heteroatoms. The molecule has 2 aliphatic rings. The number of nitrogens with zero attached hydrogens (tertiary/aromatic N) is 1. The number of carboxylic acid groups (broad SMARTS) is 1. The van der Waals surface area contributed by atoms with E-state index >= 15 is 0 Å². The first kappa shape index (κ1) is 28.1. The Morgan fingerprint density at radius 3 is 2.56 bits per heavy atom. The van der Waals surface area contributed by atoms with E-state index in [0.29, 0.717) is 12.8 Å². The summed E-state index contributed by atoms with van der Waals surface area (Å²) < 4.78 is 5.18. The number of rotatable bonds is 10. The molecule has 2 heterocycles. The summed E-state index contributed by atoms with van der Waals surface area (Å²) in [7, 11) is 0. The van der Waals surface area contributed by atoms with Crippen molar-refractivity contribution >= 4 is 47.6 Å². The van der Waals surface area contributed by atoms with Gasteiger partial charge in [-0.3, -0.25) is 48.6 Å². The lowest BCUT2D eigenvalue weighted by Crippen LogP contribution is -2.54. The zero-order valence-electron chi connectivity index (χ0n) is 19.4. The van der Waals surface area contributed by atoms with E-state index in [9.17, 15) is 28.8 Å². The van der Waals surface area contributed by atoms with Crippen LogP contribution in [0.5, 0.6) is 0 Å². The quantitative estimate of drug-likeness (QED) is 0.140. The van der Waals surface area contributed by atoms with Gasteiger partial charge < -0.3 is 15.2 Å². The van der Waals surface area contributed by atoms with E-state index in [2.05, 4.69) is 16.1 Å². The third kappa shape index (κ3) is 7.16. The Bertz CT molecular complexity index is 1040. The molecule has 1 saturated heterocycles. The minimum absolute atomic E-state index is 0.0107. The monoisotopic (exact) mass is 506 g/mol. The van der Waals surface area contributed by atoms with Gasteiger partial charge in [0.25, 0.3) is 18.3 Å². The molecule has 36 heavy (non-hydrogen) atoms. The summed E-state index contributed by atoms with van der Waals surface area (Å²) >= 11 is 0. The Morgan fingerprint density at radius 2 is 1.89 bits per heavy atom. The van der Waals surface area contributed by atoms with Crippen molar-refractivity contribution in [2.24, 2.45) is 0 Å². The molecule has 4 N–H and O–H groups in total. The minimum Gasteiger partial charge on any atom is -0.483 e. The zero-order valence-corrected chi connectivity index (χ0v) is 19.4. The van der Waals surface area contributed by atoms with Crippen LogP contribution in [0.1, 0.15) is 53.3 Å². The number of ether oxygens (including phenoxy) is 1. The van der Waals surface area contributed by atoms with Gasteiger partial charge in [-0.25, -0.2) is 5.48 Å². The van der Waals surface area contributed by atoms with Crippen LogP contribution in [-0.2, 0) is 33.5 Å². The zero-order chi connectivity index (χ0) is 26.7. The second-order valence-electron chi connectivity index (χ2n) is 7.51. The third-order valence-electron chi connectivity index (χ3n) is 4.97. The summed E-state index contributed by atoms with van der Waals surface area (Å²) in [5.74, 6) is -3.39. The standard InChI is InChI=1S/C21H24N4O8.CH2O2/c1-2-4-16(27)24-33-10-9-32-11-17(28)22-13-6-3-5-12-18(13)21(31)25(20(12)30)14-7-8-15(26)23-19(14)29;2-1-3/h3,5-6,14H,2,4,7-11H2,1H3,(H,22,28)(H,24,27)(H,23,26,29);1H,(H,2,3). The summed E-state index contributed by atoms with van der Waals surface area (Å²) in [6.07, 6.45) is 1.07. The van der Waals surface area contributed by atoms with Gasteiger partial charge in [-0.1, -0.05) is 13.0 Å². The lowest BCUT2D eigenvalue weighted by molar-refractivity contribution is -0.136. The second-order valence-corrected chi connectivity index (χ2v) is 7.51. The summed E-state index contributed by atoms with van der Waals surface area (Å²) in [6.45, 7) is 1.33. The minimum atomic E-state index is -1.10. The highest BCUT2D eigenvalue weighted by Gasteiger charge is 2.45. The molecule has 0 spiro atoms.